The highest BCUT2D eigenvalue weighted by Crippen LogP contribution is 2.27. The average Bonchev–Trinajstić information content (AvgIpc) is 2.29. The van der Waals surface area contributed by atoms with Crippen molar-refractivity contribution in [3.05, 3.63) is 29.6 Å². The standard InChI is InChI=1S/C13H19F3N2/c1-3-6-10(17-4-2)9-11-7-5-8-12(18-11)13(14,15)16/h5,7-8,10,17H,3-4,6,9H2,1-2H3. The molecular weight excluding hydrogens is 241 g/mol. The number of nitrogens with one attached hydrogen (secondary N) is 1. The second-order valence-corrected chi connectivity index (χ2v) is 4.26. The zero-order chi connectivity index (χ0) is 13.6. The Morgan fingerprint density at radius 2 is 2.00 bits per heavy atom. The van der Waals surface area contributed by atoms with E-state index in [4.69, 9.17) is 0 Å². The van der Waals surface area contributed by atoms with Crippen molar-refractivity contribution in [1.29, 1.82) is 0 Å². The van der Waals surface area contributed by atoms with Gasteiger partial charge in [0.25, 0.3) is 0 Å². The van der Waals surface area contributed by atoms with E-state index in [1.54, 1.807) is 6.07 Å². The molecular formula is C13H19F3N2. The van der Waals surface area contributed by atoms with Crippen molar-refractivity contribution < 1.29 is 13.2 Å². The van der Waals surface area contributed by atoms with Gasteiger partial charge >= 0.3 is 6.18 Å². The zero-order valence-corrected chi connectivity index (χ0v) is 10.7. The van der Waals surface area contributed by atoms with E-state index in [1.165, 1.54) is 6.07 Å². The molecule has 18 heavy (non-hydrogen) atoms. The Kier molecular flexibility index (Phi) is 5.59. The number of alkyl halides is 3. The normalized spacial score (nSPS) is 13.6. The SMILES string of the molecule is CCCC(Cc1cccc(C(F)(F)F)n1)NCC. The zero-order valence-electron chi connectivity index (χ0n) is 10.7. The van der Waals surface area contributed by atoms with E-state index in [-0.39, 0.29) is 6.04 Å². The summed E-state index contributed by atoms with van der Waals surface area (Å²) in [5.41, 5.74) is -0.323. The number of pyridine rings is 1. The number of rotatable bonds is 6. The first-order chi connectivity index (χ1) is 8.47. The predicted octanol–water partition coefficient (Wildman–Crippen LogP) is 3.42. The maximum atomic E-state index is 12.5. The average molecular weight is 260 g/mol. The van der Waals surface area contributed by atoms with E-state index in [0.29, 0.717) is 12.1 Å². The predicted molar refractivity (Wildman–Crippen MR) is 65.3 cm³/mol. The van der Waals surface area contributed by atoms with Gasteiger partial charge in [-0.25, -0.2) is 4.98 Å². The van der Waals surface area contributed by atoms with Crippen molar-refractivity contribution in [1.82, 2.24) is 10.3 Å². The third kappa shape index (κ3) is 4.64. The van der Waals surface area contributed by atoms with Crippen LogP contribution in [0, 0.1) is 0 Å². The molecule has 0 amide bonds. The summed E-state index contributed by atoms with van der Waals surface area (Å²) in [7, 11) is 0. The molecule has 1 atom stereocenters. The van der Waals surface area contributed by atoms with Gasteiger partial charge in [0.05, 0.1) is 0 Å². The molecule has 0 bridgehead atoms. The Hall–Kier alpha value is -1.10. The van der Waals surface area contributed by atoms with Gasteiger partial charge in [-0.1, -0.05) is 26.3 Å². The second-order valence-electron chi connectivity index (χ2n) is 4.26. The Balaban J connectivity index is 2.77. The molecule has 1 rings (SSSR count). The molecule has 102 valence electrons. The maximum absolute atomic E-state index is 12.5. The highest BCUT2D eigenvalue weighted by Gasteiger charge is 2.32. The van der Waals surface area contributed by atoms with E-state index >= 15 is 0 Å². The topological polar surface area (TPSA) is 24.9 Å². The third-order valence-electron chi connectivity index (χ3n) is 2.68. The number of aromatic nitrogens is 1. The first-order valence-corrected chi connectivity index (χ1v) is 6.23. The largest absolute Gasteiger partial charge is 0.433 e. The number of hydrogen-bond acceptors (Lipinski definition) is 2. The molecule has 0 aromatic carbocycles. The van der Waals surface area contributed by atoms with Crippen molar-refractivity contribution in [2.24, 2.45) is 0 Å². The van der Waals surface area contributed by atoms with Crippen LogP contribution >= 0.6 is 0 Å². The molecule has 1 aromatic heterocycles. The first-order valence-electron chi connectivity index (χ1n) is 6.23. The summed E-state index contributed by atoms with van der Waals surface area (Å²) >= 11 is 0. The minimum absolute atomic E-state index is 0.191. The number of nitrogens with zero attached hydrogens (tertiary/aromatic N) is 1. The summed E-state index contributed by atoms with van der Waals surface area (Å²) in [5.74, 6) is 0. The van der Waals surface area contributed by atoms with Crippen LogP contribution in [0.1, 0.15) is 38.1 Å². The minimum atomic E-state index is -4.37. The fraction of sp³-hybridized carbons (Fsp3) is 0.615. The van der Waals surface area contributed by atoms with Crippen molar-refractivity contribution >= 4 is 0 Å². The van der Waals surface area contributed by atoms with Gasteiger partial charge in [-0.2, -0.15) is 13.2 Å². The molecule has 0 saturated heterocycles. The first kappa shape index (κ1) is 15.0. The molecule has 0 aliphatic heterocycles. The van der Waals surface area contributed by atoms with Gasteiger partial charge in [0.1, 0.15) is 5.69 Å². The van der Waals surface area contributed by atoms with Crippen LogP contribution < -0.4 is 5.32 Å². The van der Waals surface area contributed by atoms with E-state index in [0.717, 1.165) is 25.5 Å². The Bertz CT molecular complexity index is 357. The lowest BCUT2D eigenvalue weighted by Gasteiger charge is -2.17. The lowest BCUT2D eigenvalue weighted by molar-refractivity contribution is -0.141. The Morgan fingerprint density at radius 1 is 1.28 bits per heavy atom. The molecule has 1 aromatic rings. The molecule has 2 nitrogen and oxygen atoms in total. The summed E-state index contributed by atoms with van der Waals surface area (Å²) in [6.45, 7) is 4.86. The van der Waals surface area contributed by atoms with Crippen LogP contribution in [-0.4, -0.2) is 17.6 Å². The molecule has 1 N–H and O–H groups in total. The van der Waals surface area contributed by atoms with Crippen molar-refractivity contribution in [2.75, 3.05) is 6.54 Å². The van der Waals surface area contributed by atoms with Crippen molar-refractivity contribution in [2.45, 2.75) is 45.3 Å². The van der Waals surface area contributed by atoms with Gasteiger partial charge in [-0.15, -0.1) is 0 Å². The Morgan fingerprint density at radius 3 is 2.56 bits per heavy atom. The van der Waals surface area contributed by atoms with Crippen LogP contribution in [0.4, 0.5) is 13.2 Å². The fourth-order valence-electron chi connectivity index (χ4n) is 1.92. The summed E-state index contributed by atoms with van der Waals surface area (Å²) in [5, 5.41) is 3.27. The summed E-state index contributed by atoms with van der Waals surface area (Å²) in [4.78, 5) is 3.68. The summed E-state index contributed by atoms with van der Waals surface area (Å²) in [6, 6.07) is 4.26. The molecule has 0 fully saturated rings. The molecule has 0 spiro atoms. The molecule has 0 radical (unpaired) electrons. The minimum Gasteiger partial charge on any atom is -0.314 e. The van der Waals surface area contributed by atoms with Crippen LogP contribution in [-0.2, 0) is 12.6 Å². The summed E-state index contributed by atoms with van der Waals surface area (Å²) < 4.78 is 37.6. The lowest BCUT2D eigenvalue weighted by Crippen LogP contribution is -2.31. The third-order valence-corrected chi connectivity index (χ3v) is 2.68. The van der Waals surface area contributed by atoms with Gasteiger partial charge in [0, 0.05) is 18.2 Å². The number of hydrogen-bond donors (Lipinski definition) is 1. The molecule has 5 heteroatoms. The molecule has 0 aliphatic carbocycles. The van der Waals surface area contributed by atoms with Gasteiger partial charge in [-0.3, -0.25) is 0 Å². The van der Waals surface area contributed by atoms with Gasteiger partial charge < -0.3 is 5.32 Å². The number of likely N-dealkylation sites (N-methyl/N-ethyl adjacent to an activating group) is 1. The van der Waals surface area contributed by atoms with Crippen molar-refractivity contribution in [3.8, 4) is 0 Å². The quantitative estimate of drug-likeness (QED) is 0.847. The monoisotopic (exact) mass is 260 g/mol. The lowest BCUT2D eigenvalue weighted by atomic mass is 10.1. The van der Waals surface area contributed by atoms with E-state index in [9.17, 15) is 13.2 Å². The van der Waals surface area contributed by atoms with Crippen molar-refractivity contribution in [3.63, 3.8) is 0 Å². The number of halogens is 3. The van der Waals surface area contributed by atoms with Crippen LogP contribution in [0.3, 0.4) is 0 Å². The highest BCUT2D eigenvalue weighted by atomic mass is 19.4. The highest BCUT2D eigenvalue weighted by molar-refractivity contribution is 5.14. The van der Waals surface area contributed by atoms with E-state index in [1.807, 2.05) is 6.92 Å². The van der Waals surface area contributed by atoms with E-state index < -0.39 is 11.9 Å². The van der Waals surface area contributed by atoms with E-state index in [2.05, 4.69) is 17.2 Å². The Labute approximate surface area is 106 Å². The second kappa shape index (κ2) is 6.73. The van der Waals surface area contributed by atoms with Gasteiger partial charge in [0.15, 0.2) is 0 Å². The van der Waals surface area contributed by atoms with Gasteiger partial charge in [-0.05, 0) is 25.1 Å². The molecule has 0 saturated carbocycles. The van der Waals surface area contributed by atoms with Crippen LogP contribution in [0.5, 0.6) is 0 Å². The fourth-order valence-corrected chi connectivity index (χ4v) is 1.92. The van der Waals surface area contributed by atoms with Crippen LogP contribution in [0.25, 0.3) is 0 Å². The van der Waals surface area contributed by atoms with Crippen LogP contribution in [0.15, 0.2) is 18.2 Å². The van der Waals surface area contributed by atoms with Gasteiger partial charge in [0.2, 0.25) is 0 Å². The summed E-state index contributed by atoms with van der Waals surface area (Å²) in [6.07, 6.45) is -1.90. The molecule has 0 aliphatic rings. The van der Waals surface area contributed by atoms with Crippen LogP contribution in [0.2, 0.25) is 0 Å². The smallest absolute Gasteiger partial charge is 0.314 e. The molecule has 1 unspecified atom stereocenters. The molecule has 1 heterocycles. The maximum Gasteiger partial charge on any atom is 0.433 e.